The van der Waals surface area contributed by atoms with Crippen molar-refractivity contribution >= 4 is 11.9 Å². The Morgan fingerprint density at radius 1 is 1.19 bits per heavy atom. The molecule has 0 saturated carbocycles. The summed E-state index contributed by atoms with van der Waals surface area (Å²) in [5.41, 5.74) is 1.06. The molecule has 2 aromatic carbocycles. The molecule has 2 aromatic rings. The summed E-state index contributed by atoms with van der Waals surface area (Å²) in [5, 5.41) is 19.1. The van der Waals surface area contributed by atoms with E-state index in [0.717, 1.165) is 0 Å². The van der Waals surface area contributed by atoms with E-state index in [2.05, 4.69) is 0 Å². The van der Waals surface area contributed by atoms with Crippen LogP contribution in [-0.4, -0.2) is 16.0 Å². The lowest BCUT2D eigenvalue weighted by Gasteiger charge is -2.04. The summed E-state index contributed by atoms with van der Waals surface area (Å²) < 4.78 is 18.8. The van der Waals surface area contributed by atoms with Crippen LogP contribution in [0.3, 0.4) is 0 Å². The second-order valence-electron chi connectivity index (χ2n) is 4.70. The number of fused-ring (bicyclic) bond motifs is 1. The average molecular weight is 286 g/mol. The van der Waals surface area contributed by atoms with Gasteiger partial charge in [0.2, 0.25) is 11.5 Å². The molecule has 0 aromatic heterocycles. The summed E-state index contributed by atoms with van der Waals surface area (Å²) in [6, 6.07) is 7.10. The van der Waals surface area contributed by atoms with Crippen LogP contribution in [0, 0.1) is 12.7 Å². The van der Waals surface area contributed by atoms with E-state index in [1.54, 1.807) is 13.0 Å². The Kier molecular flexibility index (Phi) is 2.90. The van der Waals surface area contributed by atoms with Crippen molar-refractivity contribution in [3.8, 4) is 17.2 Å². The van der Waals surface area contributed by atoms with Gasteiger partial charge in [0.05, 0.1) is 5.56 Å². The van der Waals surface area contributed by atoms with Crippen molar-refractivity contribution in [3.63, 3.8) is 0 Å². The van der Waals surface area contributed by atoms with Gasteiger partial charge >= 0.3 is 0 Å². The maximum absolute atomic E-state index is 13.5. The van der Waals surface area contributed by atoms with Gasteiger partial charge in [0.1, 0.15) is 5.82 Å². The Morgan fingerprint density at radius 2 is 1.95 bits per heavy atom. The Balaban J connectivity index is 2.07. The third-order valence-electron chi connectivity index (χ3n) is 3.39. The van der Waals surface area contributed by atoms with E-state index in [1.165, 1.54) is 30.3 Å². The van der Waals surface area contributed by atoms with E-state index in [-0.39, 0.29) is 28.6 Å². The number of carbonyl (C=O) groups is 1. The molecule has 0 saturated heterocycles. The number of ketones is 1. The fourth-order valence-electron chi connectivity index (χ4n) is 2.15. The van der Waals surface area contributed by atoms with Crippen LogP contribution in [0.25, 0.3) is 6.08 Å². The van der Waals surface area contributed by atoms with E-state index in [9.17, 15) is 19.4 Å². The third kappa shape index (κ3) is 2.03. The minimum absolute atomic E-state index is 0.0281. The van der Waals surface area contributed by atoms with Crippen molar-refractivity contribution in [2.24, 2.45) is 0 Å². The number of hydrogen-bond donors (Lipinski definition) is 2. The van der Waals surface area contributed by atoms with Crippen molar-refractivity contribution in [1.29, 1.82) is 0 Å². The Morgan fingerprint density at radius 3 is 2.71 bits per heavy atom. The molecule has 5 heteroatoms. The highest BCUT2D eigenvalue weighted by Crippen LogP contribution is 2.44. The monoisotopic (exact) mass is 286 g/mol. The fourth-order valence-corrected chi connectivity index (χ4v) is 2.15. The van der Waals surface area contributed by atoms with Gasteiger partial charge in [0, 0.05) is 0 Å². The van der Waals surface area contributed by atoms with Gasteiger partial charge in [0.15, 0.2) is 17.3 Å². The van der Waals surface area contributed by atoms with Crippen LogP contribution >= 0.6 is 0 Å². The summed E-state index contributed by atoms with van der Waals surface area (Å²) in [4.78, 5) is 12.2. The van der Waals surface area contributed by atoms with Crippen LogP contribution < -0.4 is 4.74 Å². The predicted molar refractivity (Wildman–Crippen MR) is 73.8 cm³/mol. The molecule has 2 N–H and O–H groups in total. The minimum Gasteiger partial charge on any atom is -0.504 e. The number of phenols is 2. The number of aromatic hydroxyl groups is 2. The van der Waals surface area contributed by atoms with Gasteiger partial charge < -0.3 is 14.9 Å². The van der Waals surface area contributed by atoms with Crippen molar-refractivity contribution < 1.29 is 24.1 Å². The van der Waals surface area contributed by atoms with Gasteiger partial charge in [-0.15, -0.1) is 0 Å². The summed E-state index contributed by atoms with van der Waals surface area (Å²) >= 11 is 0. The maximum atomic E-state index is 13.5. The Hall–Kier alpha value is -2.82. The van der Waals surface area contributed by atoms with Crippen LogP contribution in [0.15, 0.2) is 36.1 Å². The van der Waals surface area contributed by atoms with Gasteiger partial charge in [-0.05, 0) is 42.3 Å². The minimum atomic E-state index is -0.486. The van der Waals surface area contributed by atoms with Gasteiger partial charge in [-0.3, -0.25) is 4.79 Å². The lowest BCUT2D eigenvalue weighted by molar-refractivity contribution is 0.101. The molecule has 0 radical (unpaired) electrons. The number of carbonyl (C=O) groups excluding carboxylic acids is 1. The number of Topliss-reactive ketones (excluding diaryl/α,β-unsaturated/α-hetero) is 1. The summed E-state index contributed by atoms with van der Waals surface area (Å²) in [6.07, 6.45) is 1.41. The number of ether oxygens (including phenoxy) is 1. The maximum Gasteiger partial charge on any atom is 0.232 e. The normalized spacial score (nSPS) is 15.1. The lowest BCUT2D eigenvalue weighted by atomic mass is 10.1. The summed E-state index contributed by atoms with van der Waals surface area (Å²) in [7, 11) is 0. The molecule has 0 amide bonds. The van der Waals surface area contributed by atoms with Crippen LogP contribution in [-0.2, 0) is 0 Å². The molecule has 106 valence electrons. The van der Waals surface area contributed by atoms with Crippen LogP contribution in [0.5, 0.6) is 17.2 Å². The van der Waals surface area contributed by atoms with Crippen LogP contribution in [0.2, 0.25) is 0 Å². The summed E-state index contributed by atoms with van der Waals surface area (Å²) in [6.45, 7) is 1.59. The predicted octanol–water partition coefficient (Wildman–Crippen LogP) is 3.16. The summed E-state index contributed by atoms with van der Waals surface area (Å²) in [5.74, 6) is -1.78. The van der Waals surface area contributed by atoms with Crippen molar-refractivity contribution in [1.82, 2.24) is 0 Å². The lowest BCUT2D eigenvalue weighted by Crippen LogP contribution is -1.99. The van der Waals surface area contributed by atoms with E-state index in [0.29, 0.717) is 11.1 Å². The Bertz CT molecular complexity index is 793. The SMILES string of the molecule is Cc1c(F)cccc1/C=C1\Oc2c(ccc(O)c2O)C1=O. The van der Waals surface area contributed by atoms with Gasteiger partial charge in [0.25, 0.3) is 0 Å². The van der Waals surface area contributed by atoms with Gasteiger partial charge in [-0.25, -0.2) is 4.39 Å². The van der Waals surface area contributed by atoms with Crippen molar-refractivity contribution in [3.05, 3.63) is 58.6 Å². The van der Waals surface area contributed by atoms with Crippen molar-refractivity contribution in [2.75, 3.05) is 0 Å². The number of phenolic OH excluding ortho intramolecular Hbond substituents is 2. The largest absolute Gasteiger partial charge is 0.504 e. The van der Waals surface area contributed by atoms with Gasteiger partial charge in [-0.1, -0.05) is 12.1 Å². The quantitative estimate of drug-likeness (QED) is 0.624. The molecule has 1 heterocycles. The van der Waals surface area contributed by atoms with E-state index in [1.807, 2.05) is 0 Å². The molecule has 0 fully saturated rings. The number of allylic oxidation sites excluding steroid dienone is 1. The molecule has 21 heavy (non-hydrogen) atoms. The second kappa shape index (κ2) is 4.63. The first kappa shape index (κ1) is 13.2. The molecule has 1 aliphatic heterocycles. The molecular formula is C16H11FO4. The first-order chi connectivity index (χ1) is 9.99. The molecule has 4 nitrogen and oxygen atoms in total. The van der Waals surface area contributed by atoms with Crippen molar-refractivity contribution in [2.45, 2.75) is 6.92 Å². The zero-order chi connectivity index (χ0) is 15.1. The smallest absolute Gasteiger partial charge is 0.232 e. The van der Waals surface area contributed by atoms with Gasteiger partial charge in [-0.2, -0.15) is 0 Å². The highest BCUT2D eigenvalue weighted by atomic mass is 19.1. The molecule has 0 spiro atoms. The average Bonchev–Trinajstić information content (AvgIpc) is 2.77. The molecule has 0 aliphatic carbocycles. The fraction of sp³-hybridized carbons (Fsp3) is 0.0625. The Labute approximate surface area is 119 Å². The van der Waals surface area contributed by atoms with E-state index < -0.39 is 11.5 Å². The zero-order valence-corrected chi connectivity index (χ0v) is 11.1. The molecule has 3 rings (SSSR count). The standard InChI is InChI=1S/C16H11FO4/c1-8-9(3-2-4-11(8)17)7-13-14(19)10-5-6-12(18)15(20)16(10)21-13/h2-7,18,20H,1H3/b13-7-. The first-order valence-electron chi connectivity index (χ1n) is 6.23. The highest BCUT2D eigenvalue weighted by Gasteiger charge is 2.31. The second-order valence-corrected chi connectivity index (χ2v) is 4.70. The van der Waals surface area contributed by atoms with E-state index >= 15 is 0 Å². The van der Waals surface area contributed by atoms with Crippen LogP contribution in [0.4, 0.5) is 4.39 Å². The number of benzene rings is 2. The first-order valence-corrected chi connectivity index (χ1v) is 6.23. The number of hydrogen-bond acceptors (Lipinski definition) is 4. The number of rotatable bonds is 1. The zero-order valence-electron chi connectivity index (χ0n) is 11.1. The highest BCUT2D eigenvalue weighted by molar-refractivity contribution is 6.15. The molecular weight excluding hydrogens is 275 g/mol. The molecule has 0 unspecified atom stereocenters. The molecule has 0 bridgehead atoms. The molecule has 1 aliphatic rings. The van der Waals surface area contributed by atoms with Crippen LogP contribution in [0.1, 0.15) is 21.5 Å². The molecule has 0 atom stereocenters. The number of halogens is 1. The topological polar surface area (TPSA) is 66.8 Å². The van der Waals surface area contributed by atoms with E-state index in [4.69, 9.17) is 4.74 Å². The third-order valence-corrected chi connectivity index (χ3v) is 3.39.